The Kier molecular flexibility index (Phi) is 76.5. The highest BCUT2D eigenvalue weighted by atomic mass is 16.3. The minimum absolute atomic E-state index is 0.0266. The second-order valence-corrected chi connectivity index (χ2v) is 27.1. The number of hydrogen-bond acceptors (Lipinski definition) is 6. The van der Waals surface area contributed by atoms with Gasteiger partial charge in [0.05, 0.1) is 37.5 Å². The van der Waals surface area contributed by atoms with Crippen LogP contribution in [-0.4, -0.2) is 69.7 Å². The fourth-order valence-electron chi connectivity index (χ4n) is 12.3. The van der Waals surface area contributed by atoms with Crippen molar-refractivity contribution < 1.29 is 30.0 Å². The van der Waals surface area contributed by atoms with E-state index >= 15 is 0 Å². The third-order valence-corrected chi connectivity index (χ3v) is 18.4. The first-order valence-corrected chi connectivity index (χ1v) is 39.1. The molecule has 0 aromatic carbocycles. The Morgan fingerprint density at radius 3 is 0.744 bits per heavy atom. The van der Waals surface area contributed by atoms with Crippen LogP contribution in [0.15, 0.2) is 12.2 Å². The fraction of sp³-hybridized carbons (Fsp3) is 0.949. The van der Waals surface area contributed by atoms with E-state index in [2.05, 4.69) is 38.3 Å². The average Bonchev–Trinajstić information content (AvgIpc) is 3.65. The van der Waals surface area contributed by atoms with E-state index < -0.39 is 24.3 Å². The molecule has 0 aromatic rings. The van der Waals surface area contributed by atoms with Crippen molar-refractivity contribution in [2.24, 2.45) is 0 Å². The molecule has 0 radical (unpaired) electrons. The summed E-state index contributed by atoms with van der Waals surface area (Å²) in [7, 11) is 0. The van der Waals surface area contributed by atoms with Gasteiger partial charge in [-0.05, 0) is 32.1 Å². The summed E-state index contributed by atoms with van der Waals surface area (Å²) in [4.78, 5) is 24.7. The van der Waals surface area contributed by atoms with Crippen molar-refractivity contribution in [1.29, 1.82) is 0 Å². The Hall–Kier alpha value is -1.48. The molecule has 0 spiro atoms. The number of allylic oxidation sites excluding steroid dienone is 1. The minimum atomic E-state index is -0.831. The molecule has 86 heavy (non-hydrogen) atoms. The zero-order chi connectivity index (χ0) is 63.0. The molecule has 0 aliphatic rings. The van der Waals surface area contributed by atoms with Gasteiger partial charge in [-0.25, -0.2) is 0 Å². The SMILES string of the molecule is CCCCCCCCCCCCC/C=C/[C@@H](O)[C@H](CO)NC(=O)CCCCCCCCCCCCCCCCC.CCCCCCCCCCCCCCCCCCCCCCCC(=O)N[C@@H](CO)[C@H](O)CCCCCCCCCCCCCCC. The van der Waals surface area contributed by atoms with Gasteiger partial charge >= 0.3 is 0 Å². The lowest BCUT2D eigenvalue weighted by atomic mass is 10.0. The van der Waals surface area contributed by atoms with Gasteiger partial charge in [-0.15, -0.1) is 0 Å². The number of aliphatic hydroxyl groups is 4. The minimum Gasteiger partial charge on any atom is -0.394 e. The van der Waals surface area contributed by atoms with Crippen LogP contribution in [0.5, 0.6) is 0 Å². The molecule has 4 atom stereocenters. The molecule has 8 heteroatoms. The number of rotatable bonds is 71. The molecule has 0 rings (SSSR count). The molecule has 0 aliphatic heterocycles. The number of hydrogen-bond donors (Lipinski definition) is 6. The number of carbonyl (C=O) groups is 2. The molecule has 0 unspecified atom stereocenters. The normalized spacial score (nSPS) is 13.0. The van der Waals surface area contributed by atoms with E-state index in [1.54, 1.807) is 6.08 Å². The molecule has 514 valence electrons. The Balaban J connectivity index is 0. The quantitative estimate of drug-likeness (QED) is 0.0265. The van der Waals surface area contributed by atoms with Crippen LogP contribution in [0.4, 0.5) is 0 Å². The van der Waals surface area contributed by atoms with Gasteiger partial charge in [-0.2, -0.15) is 0 Å². The molecule has 2 amide bonds. The molecule has 8 nitrogen and oxygen atoms in total. The maximum atomic E-state index is 12.4. The van der Waals surface area contributed by atoms with Gasteiger partial charge in [0.1, 0.15) is 0 Å². The van der Waals surface area contributed by atoms with E-state index in [1.165, 1.54) is 340 Å². The molecule has 0 saturated carbocycles. The van der Waals surface area contributed by atoms with Crippen molar-refractivity contribution in [3.63, 3.8) is 0 Å². The van der Waals surface area contributed by atoms with Crippen LogP contribution >= 0.6 is 0 Å². The summed E-state index contributed by atoms with van der Waals surface area (Å²) < 4.78 is 0. The van der Waals surface area contributed by atoms with Crippen molar-refractivity contribution in [2.45, 2.75) is 463 Å². The van der Waals surface area contributed by atoms with Crippen LogP contribution in [0.25, 0.3) is 0 Å². The maximum Gasteiger partial charge on any atom is 0.220 e. The van der Waals surface area contributed by atoms with Crippen molar-refractivity contribution in [2.75, 3.05) is 13.2 Å². The van der Waals surface area contributed by atoms with Gasteiger partial charge in [-0.1, -0.05) is 406 Å². The predicted octanol–water partition coefficient (Wildman–Crippen LogP) is 23.3. The van der Waals surface area contributed by atoms with Gasteiger partial charge < -0.3 is 31.1 Å². The van der Waals surface area contributed by atoms with Crippen LogP contribution in [-0.2, 0) is 9.59 Å². The Morgan fingerprint density at radius 1 is 0.291 bits per heavy atom. The highest BCUT2D eigenvalue weighted by Crippen LogP contribution is 2.19. The number of unbranched alkanes of at least 4 members (excludes halogenated alkanes) is 57. The Morgan fingerprint density at radius 2 is 0.500 bits per heavy atom. The first-order chi connectivity index (χ1) is 42.3. The summed E-state index contributed by atoms with van der Waals surface area (Å²) in [5.41, 5.74) is 0. The van der Waals surface area contributed by atoms with E-state index in [9.17, 15) is 30.0 Å². The molecular formula is C78H156N2O6. The van der Waals surface area contributed by atoms with Gasteiger partial charge in [0.15, 0.2) is 0 Å². The first kappa shape index (κ1) is 86.6. The molecule has 0 bridgehead atoms. The van der Waals surface area contributed by atoms with Crippen LogP contribution in [0.2, 0.25) is 0 Å². The van der Waals surface area contributed by atoms with Crippen LogP contribution in [0, 0.1) is 0 Å². The summed E-state index contributed by atoms with van der Waals surface area (Å²) in [5.74, 6) is -0.0900. The molecular weight excluding hydrogens is 1060 g/mol. The Labute approximate surface area is 538 Å². The molecule has 6 N–H and O–H groups in total. The Bertz CT molecular complexity index is 1310. The summed E-state index contributed by atoms with van der Waals surface area (Å²) in [6, 6.07) is -1.14. The van der Waals surface area contributed by atoms with Crippen molar-refractivity contribution >= 4 is 11.8 Å². The van der Waals surface area contributed by atoms with Gasteiger partial charge in [-0.3, -0.25) is 9.59 Å². The van der Waals surface area contributed by atoms with Gasteiger partial charge in [0.25, 0.3) is 0 Å². The van der Waals surface area contributed by atoms with E-state index in [0.717, 1.165) is 51.4 Å². The van der Waals surface area contributed by atoms with Gasteiger partial charge in [0.2, 0.25) is 11.8 Å². The van der Waals surface area contributed by atoms with Crippen molar-refractivity contribution in [1.82, 2.24) is 10.6 Å². The third kappa shape index (κ3) is 70.0. The molecule has 0 aliphatic carbocycles. The zero-order valence-corrected chi connectivity index (χ0v) is 58.7. The van der Waals surface area contributed by atoms with E-state index in [4.69, 9.17) is 0 Å². The highest BCUT2D eigenvalue weighted by Gasteiger charge is 2.20. The predicted molar refractivity (Wildman–Crippen MR) is 377 cm³/mol. The van der Waals surface area contributed by atoms with Crippen molar-refractivity contribution in [3.05, 3.63) is 12.2 Å². The number of nitrogens with one attached hydrogen (secondary N) is 2. The molecule has 0 aromatic heterocycles. The fourth-order valence-corrected chi connectivity index (χ4v) is 12.3. The average molecular weight is 1220 g/mol. The third-order valence-electron chi connectivity index (χ3n) is 18.4. The van der Waals surface area contributed by atoms with E-state index in [1.807, 2.05) is 6.08 Å². The van der Waals surface area contributed by atoms with Crippen LogP contribution < -0.4 is 10.6 Å². The standard InChI is InChI=1S/C42H85NO3.C36H71NO3/c1-3-5-7-9-11-13-15-17-18-19-20-21-22-23-24-26-28-30-32-34-36-38-42(46)43-40(39-44)41(45)37-35-33-31-29-27-25-16-14-12-10-8-6-4-2;1-3-5-7-9-11-13-15-17-18-20-22-24-26-28-30-32-36(40)37-34(33-38)35(39)31-29-27-25-23-21-19-16-14-12-10-8-6-4-2/h40-41,44-45H,3-39H2,1-2H3,(H,43,46);29,31,34-35,38-39H,3-28,30,32-33H2,1-2H3,(H,37,40)/b;31-29+/t40-,41+;34-,35+/m00/s1. The smallest absolute Gasteiger partial charge is 0.220 e. The van der Waals surface area contributed by atoms with Crippen molar-refractivity contribution in [3.8, 4) is 0 Å². The molecule has 0 heterocycles. The maximum absolute atomic E-state index is 12.4. The monoisotopic (exact) mass is 1220 g/mol. The lowest BCUT2D eigenvalue weighted by Gasteiger charge is -2.22. The summed E-state index contributed by atoms with van der Waals surface area (Å²) in [6.45, 7) is 8.67. The largest absolute Gasteiger partial charge is 0.394 e. The number of aliphatic hydroxyl groups excluding tert-OH is 4. The van der Waals surface area contributed by atoms with Crippen LogP contribution in [0.1, 0.15) is 439 Å². The highest BCUT2D eigenvalue weighted by molar-refractivity contribution is 5.76. The second-order valence-electron chi connectivity index (χ2n) is 27.1. The van der Waals surface area contributed by atoms with E-state index in [0.29, 0.717) is 19.3 Å². The lowest BCUT2D eigenvalue weighted by Crippen LogP contribution is -2.45. The van der Waals surface area contributed by atoms with E-state index in [-0.39, 0.29) is 25.0 Å². The summed E-state index contributed by atoms with van der Waals surface area (Å²) in [6.07, 6.45) is 84.6. The second kappa shape index (κ2) is 76.0. The summed E-state index contributed by atoms with van der Waals surface area (Å²) in [5, 5.41) is 46.0. The topological polar surface area (TPSA) is 139 Å². The van der Waals surface area contributed by atoms with Gasteiger partial charge in [0, 0.05) is 12.8 Å². The number of carbonyl (C=O) groups excluding carboxylic acids is 2. The molecule has 0 saturated heterocycles. The summed E-state index contributed by atoms with van der Waals surface area (Å²) >= 11 is 0. The lowest BCUT2D eigenvalue weighted by molar-refractivity contribution is -0.123. The first-order valence-electron chi connectivity index (χ1n) is 39.1. The van der Waals surface area contributed by atoms with Crippen LogP contribution in [0.3, 0.4) is 0 Å². The molecule has 0 fully saturated rings. The number of amides is 2. The zero-order valence-electron chi connectivity index (χ0n) is 58.7.